The van der Waals surface area contributed by atoms with Crippen LogP contribution in [0.4, 0.5) is 23.7 Å². The number of nitrogens with zero attached hydrogens (tertiary/aromatic N) is 6. The van der Waals surface area contributed by atoms with Crippen LogP contribution in [0.2, 0.25) is 0 Å². The molecule has 1 aliphatic rings. The molecule has 2 aromatic heterocycles. The fourth-order valence-electron chi connectivity index (χ4n) is 2.84. The Kier molecular flexibility index (Phi) is 6.28. The molecule has 3 aromatic rings. The Morgan fingerprint density at radius 3 is 2.61 bits per heavy atom. The van der Waals surface area contributed by atoms with Crippen LogP contribution in [0.1, 0.15) is 11.3 Å². The first-order chi connectivity index (χ1) is 15.2. The number of hydrogen-bond donors (Lipinski definition) is 2. The lowest BCUT2D eigenvalue weighted by Crippen LogP contribution is -2.37. The van der Waals surface area contributed by atoms with Crippen molar-refractivity contribution in [3.05, 3.63) is 63.9 Å². The van der Waals surface area contributed by atoms with Crippen LogP contribution in [0, 0.1) is 10.1 Å². The summed E-state index contributed by atoms with van der Waals surface area (Å²) >= 11 is 0. The number of nitrogens with one attached hydrogen (secondary N) is 2. The highest BCUT2D eigenvalue weighted by Gasteiger charge is 2.17. The van der Waals surface area contributed by atoms with Gasteiger partial charge in [-0.25, -0.2) is 5.43 Å². The molecular formula is C19H20N8O4. The number of hydrazone groups is 1. The number of furan rings is 1. The largest absolute Gasteiger partial charge is 0.433 e. The molecule has 0 bridgehead atoms. The number of aromatic nitrogens is 3. The summed E-state index contributed by atoms with van der Waals surface area (Å²) in [6.45, 7) is 3.07. The lowest BCUT2D eigenvalue weighted by atomic mass is 10.2. The molecule has 0 aliphatic carbocycles. The van der Waals surface area contributed by atoms with E-state index in [2.05, 4.69) is 30.8 Å². The molecule has 1 saturated heterocycles. The normalized spacial score (nSPS) is 14.0. The van der Waals surface area contributed by atoms with Crippen molar-refractivity contribution in [1.82, 2.24) is 15.0 Å². The molecule has 12 nitrogen and oxygen atoms in total. The molecule has 31 heavy (non-hydrogen) atoms. The minimum absolute atomic E-state index is 0.226. The van der Waals surface area contributed by atoms with Crippen LogP contribution in [0.5, 0.6) is 0 Å². The number of ether oxygens (including phenoxy) is 1. The molecule has 3 heterocycles. The van der Waals surface area contributed by atoms with E-state index in [0.717, 1.165) is 5.56 Å². The Balaban J connectivity index is 1.50. The highest BCUT2D eigenvalue weighted by Crippen LogP contribution is 2.17. The average molecular weight is 424 g/mol. The molecule has 160 valence electrons. The maximum atomic E-state index is 10.7. The zero-order valence-electron chi connectivity index (χ0n) is 16.5. The van der Waals surface area contributed by atoms with Crippen molar-refractivity contribution >= 4 is 29.9 Å². The van der Waals surface area contributed by atoms with E-state index in [4.69, 9.17) is 9.15 Å². The minimum Gasteiger partial charge on any atom is -0.400 e. The van der Waals surface area contributed by atoms with Gasteiger partial charge in [0.2, 0.25) is 17.8 Å². The maximum absolute atomic E-state index is 10.7. The summed E-state index contributed by atoms with van der Waals surface area (Å²) in [7, 11) is 0. The van der Waals surface area contributed by atoms with Gasteiger partial charge in [-0.3, -0.25) is 10.1 Å². The van der Waals surface area contributed by atoms with Crippen LogP contribution < -0.4 is 15.6 Å². The van der Waals surface area contributed by atoms with Crippen LogP contribution in [0.15, 0.2) is 52.0 Å². The quantitative estimate of drug-likeness (QED) is 0.314. The second-order valence-electron chi connectivity index (χ2n) is 6.52. The van der Waals surface area contributed by atoms with Crippen molar-refractivity contribution in [1.29, 1.82) is 0 Å². The number of anilines is 3. The van der Waals surface area contributed by atoms with Gasteiger partial charge in [0.15, 0.2) is 5.76 Å². The van der Waals surface area contributed by atoms with E-state index in [1.165, 1.54) is 18.3 Å². The van der Waals surface area contributed by atoms with Crippen LogP contribution in [-0.2, 0) is 11.3 Å². The van der Waals surface area contributed by atoms with Gasteiger partial charge in [0, 0.05) is 19.6 Å². The van der Waals surface area contributed by atoms with Gasteiger partial charge in [-0.15, -0.1) is 0 Å². The number of hydrogen-bond acceptors (Lipinski definition) is 11. The molecule has 0 atom stereocenters. The minimum atomic E-state index is -0.615. The van der Waals surface area contributed by atoms with Gasteiger partial charge in [-0.1, -0.05) is 30.3 Å². The fourth-order valence-corrected chi connectivity index (χ4v) is 2.84. The van der Waals surface area contributed by atoms with Crippen molar-refractivity contribution in [3.8, 4) is 0 Å². The van der Waals surface area contributed by atoms with Gasteiger partial charge in [-0.2, -0.15) is 20.1 Å². The summed E-state index contributed by atoms with van der Waals surface area (Å²) in [6, 6.07) is 12.6. The molecule has 0 amide bonds. The van der Waals surface area contributed by atoms with E-state index in [1.54, 1.807) is 0 Å². The molecule has 0 spiro atoms. The van der Waals surface area contributed by atoms with E-state index in [0.29, 0.717) is 44.7 Å². The summed E-state index contributed by atoms with van der Waals surface area (Å²) in [5.74, 6) is 0.990. The van der Waals surface area contributed by atoms with Crippen molar-refractivity contribution in [2.75, 3.05) is 41.9 Å². The molecular weight excluding hydrogens is 404 g/mol. The Hall–Kier alpha value is -4.06. The van der Waals surface area contributed by atoms with Crippen molar-refractivity contribution in [2.45, 2.75) is 6.54 Å². The summed E-state index contributed by atoms with van der Waals surface area (Å²) in [5, 5.41) is 17.9. The van der Waals surface area contributed by atoms with Crippen molar-refractivity contribution in [3.63, 3.8) is 0 Å². The predicted molar refractivity (Wildman–Crippen MR) is 113 cm³/mol. The summed E-state index contributed by atoms with van der Waals surface area (Å²) < 4.78 is 10.4. The molecule has 0 radical (unpaired) electrons. The zero-order valence-corrected chi connectivity index (χ0v) is 16.5. The Morgan fingerprint density at radius 1 is 1.10 bits per heavy atom. The molecule has 1 aliphatic heterocycles. The SMILES string of the molecule is O=[N+]([O-])c1ccc(/C=N/Nc2nc(NCc3ccccc3)nc(N3CCOCC3)n2)o1. The van der Waals surface area contributed by atoms with Crippen LogP contribution in [0.3, 0.4) is 0 Å². The molecule has 0 unspecified atom stereocenters. The number of nitro groups is 1. The van der Waals surface area contributed by atoms with Crippen LogP contribution >= 0.6 is 0 Å². The molecule has 4 rings (SSSR count). The highest BCUT2D eigenvalue weighted by atomic mass is 16.6. The van der Waals surface area contributed by atoms with E-state index in [-0.39, 0.29) is 17.6 Å². The van der Waals surface area contributed by atoms with Crippen molar-refractivity contribution < 1.29 is 14.1 Å². The van der Waals surface area contributed by atoms with Gasteiger partial charge >= 0.3 is 5.88 Å². The number of morpholine rings is 1. The van der Waals surface area contributed by atoms with Gasteiger partial charge < -0.3 is 19.4 Å². The molecule has 1 fully saturated rings. The van der Waals surface area contributed by atoms with E-state index < -0.39 is 4.92 Å². The second kappa shape index (κ2) is 9.63. The monoisotopic (exact) mass is 424 g/mol. The first-order valence-electron chi connectivity index (χ1n) is 9.57. The highest BCUT2D eigenvalue weighted by molar-refractivity contribution is 5.76. The first kappa shape index (κ1) is 20.2. The lowest BCUT2D eigenvalue weighted by molar-refractivity contribution is -0.402. The Labute approximate surface area is 177 Å². The van der Waals surface area contributed by atoms with Gasteiger partial charge in [0.1, 0.15) is 4.92 Å². The Bertz CT molecular complexity index is 1050. The maximum Gasteiger partial charge on any atom is 0.433 e. The molecule has 2 N–H and O–H groups in total. The number of benzene rings is 1. The fraction of sp³-hybridized carbons (Fsp3) is 0.263. The third-order valence-electron chi connectivity index (χ3n) is 4.36. The van der Waals surface area contributed by atoms with E-state index >= 15 is 0 Å². The van der Waals surface area contributed by atoms with Crippen molar-refractivity contribution in [2.24, 2.45) is 5.10 Å². The smallest absolute Gasteiger partial charge is 0.400 e. The van der Waals surface area contributed by atoms with E-state index in [1.807, 2.05) is 35.2 Å². The van der Waals surface area contributed by atoms with Crippen LogP contribution in [-0.4, -0.2) is 52.4 Å². The molecule has 12 heteroatoms. The van der Waals surface area contributed by atoms with Gasteiger partial charge in [-0.05, 0) is 11.6 Å². The third kappa shape index (κ3) is 5.51. The van der Waals surface area contributed by atoms with Crippen LogP contribution in [0.25, 0.3) is 0 Å². The second-order valence-corrected chi connectivity index (χ2v) is 6.52. The third-order valence-corrected chi connectivity index (χ3v) is 4.36. The average Bonchev–Trinajstić information content (AvgIpc) is 3.28. The Morgan fingerprint density at radius 2 is 1.87 bits per heavy atom. The molecule has 0 saturated carbocycles. The standard InChI is InChI=1S/C19H20N8O4/c28-27(29)16-7-6-15(31-16)13-21-25-18-22-17(20-12-14-4-2-1-3-5-14)23-19(24-18)26-8-10-30-11-9-26/h1-7,13H,8-12H2,(H2,20,22,23,24,25)/b21-13+. The predicted octanol–water partition coefficient (Wildman–Crippen LogP) is 2.27. The summed E-state index contributed by atoms with van der Waals surface area (Å²) in [6.07, 6.45) is 1.31. The van der Waals surface area contributed by atoms with Gasteiger partial charge in [0.05, 0.1) is 25.5 Å². The first-order valence-corrected chi connectivity index (χ1v) is 9.57. The summed E-state index contributed by atoms with van der Waals surface area (Å²) in [5.41, 5.74) is 3.82. The van der Waals surface area contributed by atoms with E-state index in [9.17, 15) is 10.1 Å². The zero-order chi connectivity index (χ0) is 21.5. The summed E-state index contributed by atoms with van der Waals surface area (Å²) in [4.78, 5) is 25.4. The molecule has 1 aromatic carbocycles. The number of rotatable bonds is 8. The topological polar surface area (TPSA) is 144 Å². The lowest BCUT2D eigenvalue weighted by Gasteiger charge is -2.27. The van der Waals surface area contributed by atoms with Gasteiger partial charge in [0.25, 0.3) is 0 Å².